The molecule has 0 aromatic heterocycles. The molecule has 4 nitrogen and oxygen atoms in total. The highest BCUT2D eigenvalue weighted by atomic mass is 16.6. The summed E-state index contributed by atoms with van der Waals surface area (Å²) < 4.78 is 6.26. The molecule has 4 rings (SSSR count). The van der Waals surface area contributed by atoms with Gasteiger partial charge in [-0.05, 0) is 49.4 Å². The number of rotatable bonds is 3. The average Bonchev–Trinajstić information content (AvgIpc) is 2.29. The number of carbonyl (C=O) groups excluding carboxylic acids is 1. The Bertz CT molecular complexity index is 578. The van der Waals surface area contributed by atoms with Crippen molar-refractivity contribution in [2.45, 2.75) is 110 Å². The van der Waals surface area contributed by atoms with Gasteiger partial charge in [-0.1, -0.05) is 41.5 Å². The molecule has 0 radical (unpaired) electrons. The van der Waals surface area contributed by atoms with Gasteiger partial charge in [-0.2, -0.15) is 0 Å². The fraction of sp³-hybridized carbons (Fsp3) is 0.955. The van der Waals surface area contributed by atoms with E-state index in [4.69, 9.17) is 4.74 Å². The molecule has 2 N–H and O–H groups in total. The molecule has 4 fully saturated rings. The van der Waals surface area contributed by atoms with Crippen LogP contribution < -0.4 is 0 Å². The maximum Gasteiger partial charge on any atom is 0.312 e. The molecule has 0 amide bonds. The summed E-state index contributed by atoms with van der Waals surface area (Å²) in [5.74, 6) is 0.0756. The quantitative estimate of drug-likeness (QED) is 0.734. The first-order chi connectivity index (χ1) is 11.5. The lowest BCUT2D eigenvalue weighted by atomic mass is 9.50. The lowest BCUT2D eigenvalue weighted by molar-refractivity contribution is -0.266. The van der Waals surface area contributed by atoms with Gasteiger partial charge in [-0.15, -0.1) is 0 Å². The minimum absolute atomic E-state index is 0.00107. The van der Waals surface area contributed by atoms with E-state index < -0.39 is 22.2 Å². The predicted molar refractivity (Wildman–Crippen MR) is 102 cm³/mol. The molecule has 3 atom stereocenters. The molecule has 0 heterocycles. The van der Waals surface area contributed by atoms with Gasteiger partial charge in [-0.25, -0.2) is 0 Å². The first kappa shape index (κ1) is 20.1. The van der Waals surface area contributed by atoms with Crippen LogP contribution in [0.25, 0.3) is 0 Å². The molecule has 0 saturated heterocycles. The minimum Gasteiger partial charge on any atom is -0.458 e. The molecule has 4 saturated carbocycles. The molecule has 150 valence electrons. The van der Waals surface area contributed by atoms with Gasteiger partial charge in [0.2, 0.25) is 0 Å². The third kappa shape index (κ3) is 3.44. The van der Waals surface area contributed by atoms with Gasteiger partial charge in [-0.3, -0.25) is 4.79 Å². The molecule has 26 heavy (non-hydrogen) atoms. The molecule has 4 aliphatic carbocycles. The number of esters is 1. The molecule has 0 aromatic carbocycles. The Labute approximate surface area is 158 Å². The van der Waals surface area contributed by atoms with E-state index in [1.165, 1.54) is 0 Å². The van der Waals surface area contributed by atoms with Gasteiger partial charge in [0.15, 0.2) is 0 Å². The maximum atomic E-state index is 13.5. The summed E-state index contributed by atoms with van der Waals surface area (Å²) >= 11 is 0. The van der Waals surface area contributed by atoms with Crippen LogP contribution in [-0.4, -0.2) is 33.0 Å². The van der Waals surface area contributed by atoms with Gasteiger partial charge >= 0.3 is 5.97 Å². The van der Waals surface area contributed by atoms with Crippen molar-refractivity contribution in [3.63, 3.8) is 0 Å². The average molecular weight is 367 g/mol. The minimum atomic E-state index is -0.878. The monoisotopic (exact) mass is 366 g/mol. The molecule has 4 aliphatic rings. The highest BCUT2D eigenvalue weighted by molar-refractivity contribution is 5.78. The summed E-state index contributed by atoms with van der Waals surface area (Å²) in [7, 11) is 0. The first-order valence-electron chi connectivity index (χ1n) is 10.2. The molecule has 4 heteroatoms. The van der Waals surface area contributed by atoms with E-state index in [1.807, 2.05) is 6.92 Å². The second-order valence-electron chi connectivity index (χ2n) is 12.3. The summed E-state index contributed by atoms with van der Waals surface area (Å²) in [5.41, 5.74) is -3.33. The molecular weight excluding hydrogens is 328 g/mol. The Morgan fingerprint density at radius 3 is 1.81 bits per heavy atom. The van der Waals surface area contributed by atoms with Crippen molar-refractivity contribution in [3.8, 4) is 0 Å². The predicted octanol–water partition coefficient (Wildman–Crippen LogP) is 4.22. The number of hydrogen-bond donors (Lipinski definition) is 2. The molecule has 0 spiro atoms. The highest BCUT2D eigenvalue weighted by Gasteiger charge is 2.65. The third-order valence-corrected chi connectivity index (χ3v) is 7.26. The number of ether oxygens (including phenoxy) is 1. The van der Waals surface area contributed by atoms with Crippen molar-refractivity contribution in [2.24, 2.45) is 22.2 Å². The van der Waals surface area contributed by atoms with E-state index in [0.717, 1.165) is 25.7 Å². The van der Waals surface area contributed by atoms with Crippen LogP contribution in [0.1, 0.15) is 93.4 Å². The smallest absolute Gasteiger partial charge is 0.312 e. The zero-order chi connectivity index (χ0) is 19.8. The number of hydrogen-bond acceptors (Lipinski definition) is 4. The largest absolute Gasteiger partial charge is 0.458 e. The molecule has 0 aromatic rings. The van der Waals surface area contributed by atoms with Crippen molar-refractivity contribution >= 4 is 5.97 Å². The second-order valence-corrected chi connectivity index (χ2v) is 12.3. The van der Waals surface area contributed by atoms with E-state index in [1.54, 1.807) is 0 Å². The molecular formula is C22H38O4. The van der Waals surface area contributed by atoms with Crippen molar-refractivity contribution in [1.29, 1.82) is 0 Å². The molecule has 4 bridgehead atoms. The summed E-state index contributed by atoms with van der Waals surface area (Å²) in [6.07, 6.45) is 4.34. The van der Waals surface area contributed by atoms with Crippen LogP contribution in [-0.2, 0) is 9.53 Å². The Morgan fingerprint density at radius 2 is 1.42 bits per heavy atom. The normalized spacial score (nSPS) is 41.8. The van der Waals surface area contributed by atoms with Crippen LogP contribution in [0.2, 0.25) is 0 Å². The fourth-order valence-electron chi connectivity index (χ4n) is 6.38. The fourth-order valence-corrected chi connectivity index (χ4v) is 6.38. The molecule has 3 unspecified atom stereocenters. The second kappa shape index (κ2) is 5.47. The number of carbonyl (C=O) groups is 1. The van der Waals surface area contributed by atoms with Crippen LogP contribution >= 0.6 is 0 Å². The Kier molecular flexibility index (Phi) is 4.24. The highest BCUT2D eigenvalue weighted by Crippen LogP contribution is 2.61. The van der Waals surface area contributed by atoms with Crippen LogP contribution in [0.5, 0.6) is 0 Å². The zero-order valence-corrected chi connectivity index (χ0v) is 17.7. The first-order valence-corrected chi connectivity index (χ1v) is 10.2. The van der Waals surface area contributed by atoms with Crippen molar-refractivity contribution in [2.75, 3.05) is 0 Å². The Morgan fingerprint density at radius 1 is 0.923 bits per heavy atom. The third-order valence-electron chi connectivity index (χ3n) is 7.26. The van der Waals surface area contributed by atoms with Crippen LogP contribution in [0.4, 0.5) is 0 Å². The van der Waals surface area contributed by atoms with Crippen molar-refractivity contribution in [3.05, 3.63) is 0 Å². The Balaban J connectivity index is 1.88. The Hall–Kier alpha value is -0.610. The van der Waals surface area contributed by atoms with Gasteiger partial charge < -0.3 is 14.9 Å². The van der Waals surface area contributed by atoms with E-state index in [2.05, 4.69) is 41.5 Å². The number of aliphatic hydroxyl groups is 2. The van der Waals surface area contributed by atoms with Crippen LogP contribution in [0.3, 0.4) is 0 Å². The lowest BCUT2D eigenvalue weighted by Gasteiger charge is -2.62. The van der Waals surface area contributed by atoms with Crippen molar-refractivity contribution < 1.29 is 19.7 Å². The van der Waals surface area contributed by atoms with Gasteiger partial charge in [0.05, 0.1) is 16.6 Å². The topological polar surface area (TPSA) is 66.8 Å². The summed E-state index contributed by atoms with van der Waals surface area (Å²) in [6, 6.07) is 0. The summed E-state index contributed by atoms with van der Waals surface area (Å²) in [4.78, 5) is 13.5. The maximum absolute atomic E-state index is 13.5. The summed E-state index contributed by atoms with van der Waals surface area (Å²) in [5, 5.41) is 21.9. The van der Waals surface area contributed by atoms with Crippen LogP contribution in [0.15, 0.2) is 0 Å². The molecule has 0 aliphatic heterocycles. The van der Waals surface area contributed by atoms with E-state index >= 15 is 0 Å². The summed E-state index contributed by atoms with van der Waals surface area (Å²) in [6.45, 7) is 14.8. The van der Waals surface area contributed by atoms with E-state index in [-0.39, 0.29) is 22.7 Å². The van der Waals surface area contributed by atoms with Gasteiger partial charge in [0.25, 0.3) is 0 Å². The zero-order valence-electron chi connectivity index (χ0n) is 17.7. The van der Waals surface area contributed by atoms with Crippen LogP contribution in [0, 0.1) is 22.2 Å². The van der Waals surface area contributed by atoms with Gasteiger partial charge in [0, 0.05) is 19.3 Å². The van der Waals surface area contributed by atoms with Gasteiger partial charge in [0.1, 0.15) is 5.60 Å². The SMILES string of the molecule is CC(C)(C)CC(C)(C(=O)OC12CC3CC(O)(CC(O)(C3)C1)C2)C(C)(C)C. The lowest BCUT2D eigenvalue weighted by Crippen LogP contribution is -2.67. The standard InChI is InChI=1S/C22H38O4/c1-17(2,3)11-19(7,18(4,5)6)16(23)26-22-10-15-8-20(24,13-22)12-21(25,9-15)14-22/h15,24-25H,8-14H2,1-7H3. The van der Waals surface area contributed by atoms with E-state index in [9.17, 15) is 15.0 Å². The van der Waals surface area contributed by atoms with Crippen molar-refractivity contribution in [1.82, 2.24) is 0 Å². The van der Waals surface area contributed by atoms with E-state index in [0.29, 0.717) is 19.3 Å².